The van der Waals surface area contributed by atoms with Crippen LogP contribution in [0, 0.1) is 11.2 Å². The van der Waals surface area contributed by atoms with Gasteiger partial charge >= 0.3 is 6.18 Å². The fourth-order valence-corrected chi connectivity index (χ4v) is 4.84. The van der Waals surface area contributed by atoms with Gasteiger partial charge in [-0.2, -0.15) is 13.2 Å². The first-order valence-corrected chi connectivity index (χ1v) is 12.1. The highest BCUT2D eigenvalue weighted by Gasteiger charge is 2.42. The SMILES string of the molecule is O=S(=O)(NCC1(CCCc2cc(-c3ccc(C(F)(F)F)nc3)ncn2)CC1)c1ccc(F)cc1. The summed E-state index contributed by atoms with van der Waals surface area (Å²) in [6, 6.07) is 8.65. The van der Waals surface area contributed by atoms with Crippen molar-refractivity contribution in [2.45, 2.75) is 43.2 Å². The molecule has 180 valence electrons. The normalized spacial score (nSPS) is 15.3. The van der Waals surface area contributed by atoms with Gasteiger partial charge in [-0.25, -0.2) is 27.5 Å². The molecule has 0 radical (unpaired) electrons. The second-order valence-corrected chi connectivity index (χ2v) is 10.2. The van der Waals surface area contributed by atoms with E-state index in [2.05, 4.69) is 19.7 Å². The molecule has 1 aliphatic carbocycles. The van der Waals surface area contributed by atoms with E-state index >= 15 is 0 Å². The molecule has 34 heavy (non-hydrogen) atoms. The summed E-state index contributed by atoms with van der Waals surface area (Å²) in [5.74, 6) is -0.500. The molecule has 6 nitrogen and oxygen atoms in total. The number of aromatic nitrogens is 3. The second kappa shape index (κ2) is 9.38. The van der Waals surface area contributed by atoms with Gasteiger partial charge in [0.1, 0.15) is 17.8 Å². The second-order valence-electron chi connectivity index (χ2n) is 8.46. The number of aryl methyl sites for hydroxylation is 1. The number of halogens is 4. The van der Waals surface area contributed by atoms with Gasteiger partial charge in [0.25, 0.3) is 0 Å². The van der Waals surface area contributed by atoms with Crippen molar-refractivity contribution in [1.29, 1.82) is 0 Å². The third-order valence-electron chi connectivity index (χ3n) is 5.93. The highest BCUT2D eigenvalue weighted by atomic mass is 32.2. The molecule has 2 aromatic heterocycles. The zero-order valence-electron chi connectivity index (χ0n) is 18.0. The molecule has 2 heterocycles. The molecule has 1 aromatic carbocycles. The molecule has 0 atom stereocenters. The average Bonchev–Trinajstić information content (AvgIpc) is 3.58. The van der Waals surface area contributed by atoms with Gasteiger partial charge in [0.05, 0.1) is 10.6 Å². The van der Waals surface area contributed by atoms with Crippen molar-refractivity contribution >= 4 is 10.0 Å². The molecule has 0 unspecified atom stereocenters. The summed E-state index contributed by atoms with van der Waals surface area (Å²) in [7, 11) is -3.71. The molecule has 1 fully saturated rings. The maximum absolute atomic E-state index is 13.1. The predicted molar refractivity (Wildman–Crippen MR) is 116 cm³/mol. The van der Waals surface area contributed by atoms with Gasteiger partial charge in [-0.05, 0) is 80.0 Å². The number of alkyl halides is 3. The standard InChI is InChI=1S/C23H22F4N4O2S/c24-17-4-6-19(7-5-17)34(32,33)31-14-22(10-11-22)9-1-2-18-12-20(30-15-29-18)16-3-8-21(28-13-16)23(25,26)27/h3-8,12-13,15,31H,1-2,9-11,14H2. The van der Waals surface area contributed by atoms with Crippen LogP contribution < -0.4 is 4.72 Å². The van der Waals surface area contributed by atoms with Crippen LogP contribution in [-0.4, -0.2) is 29.9 Å². The molecule has 4 rings (SSSR count). The lowest BCUT2D eigenvalue weighted by atomic mass is 9.98. The molecule has 0 amide bonds. The van der Waals surface area contributed by atoms with Crippen molar-refractivity contribution in [2.24, 2.45) is 5.41 Å². The molecular weight excluding hydrogens is 472 g/mol. The Morgan fingerprint density at radius 1 is 1.00 bits per heavy atom. The molecule has 1 aliphatic rings. The molecule has 3 aromatic rings. The van der Waals surface area contributed by atoms with Gasteiger partial charge in [0.2, 0.25) is 10.0 Å². The summed E-state index contributed by atoms with van der Waals surface area (Å²) >= 11 is 0. The Hall–Kier alpha value is -2.92. The zero-order chi connectivity index (χ0) is 24.4. The Labute approximate surface area is 194 Å². The summed E-state index contributed by atoms with van der Waals surface area (Å²) in [5.41, 5.74) is 0.619. The highest BCUT2D eigenvalue weighted by molar-refractivity contribution is 7.89. The highest BCUT2D eigenvalue weighted by Crippen LogP contribution is 2.49. The third-order valence-corrected chi connectivity index (χ3v) is 7.35. The molecule has 0 aliphatic heterocycles. The van der Waals surface area contributed by atoms with Crippen molar-refractivity contribution in [3.63, 3.8) is 0 Å². The van der Waals surface area contributed by atoms with E-state index in [1.165, 1.54) is 24.5 Å². The molecule has 1 saturated carbocycles. The third kappa shape index (κ3) is 5.95. The molecular formula is C23H22F4N4O2S. The summed E-state index contributed by atoms with van der Waals surface area (Å²) in [5, 5.41) is 0. The van der Waals surface area contributed by atoms with E-state index in [0.717, 1.165) is 55.8 Å². The number of rotatable bonds is 9. The number of hydrogen-bond acceptors (Lipinski definition) is 5. The number of pyridine rings is 1. The van der Waals surface area contributed by atoms with E-state index < -0.39 is 27.7 Å². The Balaban J connectivity index is 1.32. The average molecular weight is 495 g/mol. The molecule has 0 spiro atoms. The first-order chi connectivity index (χ1) is 16.1. The number of sulfonamides is 1. The van der Waals surface area contributed by atoms with Crippen LogP contribution in [0.25, 0.3) is 11.3 Å². The Morgan fingerprint density at radius 3 is 2.35 bits per heavy atom. The number of nitrogens with one attached hydrogen (secondary N) is 1. The first kappa shape index (κ1) is 24.2. The molecule has 1 N–H and O–H groups in total. The maximum atomic E-state index is 13.1. The van der Waals surface area contributed by atoms with Gasteiger partial charge < -0.3 is 0 Å². The van der Waals surface area contributed by atoms with E-state index in [1.807, 2.05) is 0 Å². The monoisotopic (exact) mass is 494 g/mol. The van der Waals surface area contributed by atoms with Crippen LogP contribution in [0.1, 0.15) is 37.1 Å². The van der Waals surface area contributed by atoms with Crippen LogP contribution in [0.15, 0.2) is 59.9 Å². The van der Waals surface area contributed by atoms with Crippen molar-refractivity contribution in [1.82, 2.24) is 19.7 Å². The minimum absolute atomic E-state index is 0.0240. The van der Waals surface area contributed by atoms with Crippen LogP contribution in [0.4, 0.5) is 17.6 Å². The predicted octanol–water partition coefficient (Wildman–Crippen LogP) is 4.78. The summed E-state index contributed by atoms with van der Waals surface area (Å²) in [6.07, 6.45) is 2.00. The van der Waals surface area contributed by atoms with E-state index in [1.54, 1.807) is 6.07 Å². The van der Waals surface area contributed by atoms with Gasteiger partial charge in [-0.3, -0.25) is 4.98 Å². The summed E-state index contributed by atoms with van der Waals surface area (Å²) in [4.78, 5) is 11.9. The van der Waals surface area contributed by atoms with Crippen LogP contribution in [-0.2, 0) is 22.6 Å². The lowest BCUT2D eigenvalue weighted by Crippen LogP contribution is -2.30. The van der Waals surface area contributed by atoms with Gasteiger partial charge in [0.15, 0.2) is 0 Å². The first-order valence-electron chi connectivity index (χ1n) is 10.7. The number of hydrogen-bond donors (Lipinski definition) is 1. The quantitative estimate of drug-likeness (QED) is 0.433. The van der Waals surface area contributed by atoms with Gasteiger partial charge in [-0.1, -0.05) is 0 Å². The summed E-state index contributed by atoms with van der Waals surface area (Å²) < 4.78 is 78.7. The fraction of sp³-hybridized carbons (Fsp3) is 0.348. The van der Waals surface area contributed by atoms with Crippen molar-refractivity contribution in [3.8, 4) is 11.3 Å². The minimum Gasteiger partial charge on any atom is -0.251 e. The number of nitrogens with zero attached hydrogens (tertiary/aromatic N) is 3. The van der Waals surface area contributed by atoms with Gasteiger partial charge in [0, 0.05) is 24.0 Å². The van der Waals surface area contributed by atoms with Crippen molar-refractivity contribution in [2.75, 3.05) is 6.54 Å². The van der Waals surface area contributed by atoms with Crippen molar-refractivity contribution < 1.29 is 26.0 Å². The van der Waals surface area contributed by atoms with E-state index in [9.17, 15) is 26.0 Å². The Morgan fingerprint density at radius 2 is 1.74 bits per heavy atom. The Kier molecular flexibility index (Phi) is 6.68. The minimum atomic E-state index is -4.50. The molecule has 0 bridgehead atoms. The lowest BCUT2D eigenvalue weighted by molar-refractivity contribution is -0.141. The zero-order valence-corrected chi connectivity index (χ0v) is 18.8. The van der Waals surface area contributed by atoms with Gasteiger partial charge in [-0.15, -0.1) is 0 Å². The maximum Gasteiger partial charge on any atom is 0.433 e. The topological polar surface area (TPSA) is 84.8 Å². The lowest BCUT2D eigenvalue weighted by Gasteiger charge is -2.16. The van der Waals surface area contributed by atoms with Crippen LogP contribution in [0.2, 0.25) is 0 Å². The fourth-order valence-electron chi connectivity index (χ4n) is 3.69. The van der Waals surface area contributed by atoms with E-state index in [4.69, 9.17) is 0 Å². The van der Waals surface area contributed by atoms with Crippen LogP contribution >= 0.6 is 0 Å². The van der Waals surface area contributed by atoms with E-state index in [0.29, 0.717) is 24.2 Å². The Bertz CT molecular complexity index is 1240. The largest absolute Gasteiger partial charge is 0.433 e. The van der Waals surface area contributed by atoms with Crippen molar-refractivity contribution in [3.05, 3.63) is 72.2 Å². The van der Waals surface area contributed by atoms with Crippen LogP contribution in [0.3, 0.4) is 0 Å². The molecule has 0 saturated heterocycles. The molecule has 11 heteroatoms. The number of benzene rings is 1. The smallest absolute Gasteiger partial charge is 0.251 e. The summed E-state index contributed by atoms with van der Waals surface area (Å²) in [6.45, 7) is 0.305. The van der Waals surface area contributed by atoms with E-state index in [-0.39, 0.29) is 10.3 Å². The van der Waals surface area contributed by atoms with Crippen LogP contribution in [0.5, 0.6) is 0 Å².